The van der Waals surface area contributed by atoms with Crippen molar-refractivity contribution in [1.29, 1.82) is 0 Å². The Morgan fingerprint density at radius 1 is 0.238 bits per heavy atom. The van der Waals surface area contributed by atoms with Crippen molar-refractivity contribution in [2.24, 2.45) is 0 Å². The van der Waals surface area contributed by atoms with Crippen LogP contribution in [0.4, 0.5) is 4.70 Å². The highest BCUT2D eigenvalue weighted by atomic mass is 28.4. The van der Waals surface area contributed by atoms with E-state index in [1.807, 2.05) is 0 Å². The van der Waals surface area contributed by atoms with Crippen molar-refractivity contribution in [3.8, 4) is 0 Å². The molecule has 0 aromatic heterocycles. The molecule has 0 unspecified atom stereocenters. The molecule has 21 heteroatoms. The van der Waals surface area contributed by atoms with E-state index in [0.29, 0.717) is 0 Å². The monoisotopic (exact) mass is 404 g/mol. The predicted octanol–water partition coefficient (Wildman–Crippen LogP) is -10.3. The highest BCUT2D eigenvalue weighted by molar-refractivity contribution is 6.47. The molecule has 0 atom stereocenters. The average Bonchev–Trinajstić information content (AvgIpc) is 1.62. The molecule has 0 saturated heterocycles. The van der Waals surface area contributed by atoms with Gasteiger partial charge in [-0.3, -0.25) is 4.70 Å². The van der Waals surface area contributed by atoms with Crippen LogP contribution >= 0.6 is 0 Å². The molecule has 21 heavy (non-hydrogen) atoms. The molecular weight excluding hydrogens is 387 g/mol. The van der Waals surface area contributed by atoms with E-state index in [4.69, 9.17) is 76.7 Å². The van der Waals surface area contributed by atoms with Crippen LogP contribution in [0.1, 0.15) is 0 Å². The maximum atomic E-state index is 7.33. The SMILES string of the molecule is F.O[Si](O)(O)O.O[Si](O)(O)O.O[Si](O)(O)O.O[Si](O)(O)O. The molecule has 0 saturated carbocycles. The van der Waals surface area contributed by atoms with Crippen molar-refractivity contribution in [3.05, 3.63) is 0 Å². The first-order valence-electron chi connectivity index (χ1n) is 3.58. The van der Waals surface area contributed by atoms with Crippen molar-refractivity contribution in [2.45, 2.75) is 0 Å². The average molecular weight is 404 g/mol. The molecule has 0 bridgehead atoms. The minimum absolute atomic E-state index is 0. The van der Waals surface area contributed by atoms with Gasteiger partial charge in [-0.25, -0.2) is 0 Å². The lowest BCUT2D eigenvalue weighted by Gasteiger charge is -1.91. The first-order chi connectivity index (χ1) is 8.00. The third-order valence-corrected chi connectivity index (χ3v) is 0. The van der Waals surface area contributed by atoms with Gasteiger partial charge in [0.2, 0.25) is 0 Å². The van der Waals surface area contributed by atoms with Gasteiger partial charge in [-0.2, -0.15) is 0 Å². The van der Waals surface area contributed by atoms with Crippen molar-refractivity contribution >= 4 is 36.2 Å². The molecule has 0 amide bonds. The summed E-state index contributed by atoms with van der Waals surface area (Å²) in [5, 5.41) is 0. The van der Waals surface area contributed by atoms with Gasteiger partial charge in [0.25, 0.3) is 0 Å². The van der Waals surface area contributed by atoms with E-state index in [1.54, 1.807) is 0 Å². The van der Waals surface area contributed by atoms with Crippen LogP contribution in [0.15, 0.2) is 0 Å². The fraction of sp³-hybridized carbons (Fsp3) is 0. The normalized spacial score (nSPS) is 11.4. The van der Waals surface area contributed by atoms with Crippen LogP contribution < -0.4 is 0 Å². The first kappa shape index (κ1) is 32.9. The summed E-state index contributed by atoms with van der Waals surface area (Å²) < 4.78 is 0. The van der Waals surface area contributed by atoms with Gasteiger partial charge in [-0.15, -0.1) is 0 Å². The van der Waals surface area contributed by atoms with Crippen LogP contribution in [0.5, 0.6) is 0 Å². The van der Waals surface area contributed by atoms with Gasteiger partial charge in [0, 0.05) is 0 Å². The molecule has 0 aliphatic carbocycles. The largest absolute Gasteiger partial charge is 0.668 e. The molecule has 0 aromatic carbocycles. The molecule has 0 heterocycles. The zero-order valence-electron chi connectivity index (χ0n) is 9.56. The number of rotatable bonds is 0. The van der Waals surface area contributed by atoms with E-state index in [0.717, 1.165) is 0 Å². The summed E-state index contributed by atoms with van der Waals surface area (Å²) in [4.78, 5) is 117. The van der Waals surface area contributed by atoms with Gasteiger partial charge >= 0.3 is 36.2 Å². The van der Waals surface area contributed by atoms with Crippen molar-refractivity contribution < 1.29 is 81.4 Å². The Morgan fingerprint density at radius 2 is 0.238 bits per heavy atom. The Kier molecular flexibility index (Phi) is 19.9. The summed E-state index contributed by atoms with van der Waals surface area (Å²) >= 11 is 0. The third-order valence-electron chi connectivity index (χ3n) is 0. The summed E-state index contributed by atoms with van der Waals surface area (Å²) in [6, 6.07) is 0. The van der Waals surface area contributed by atoms with Crippen LogP contribution in [0.3, 0.4) is 0 Å². The van der Waals surface area contributed by atoms with Gasteiger partial charge in [-0.1, -0.05) is 0 Å². The molecule has 0 radical (unpaired) electrons. The first-order valence-corrected chi connectivity index (χ1v) is 10.7. The van der Waals surface area contributed by atoms with Gasteiger partial charge in [0.05, 0.1) is 0 Å². The summed E-state index contributed by atoms with van der Waals surface area (Å²) in [6.45, 7) is 0. The smallest absolute Gasteiger partial charge is 0.368 e. The Balaban J connectivity index is -0.0000000533. The van der Waals surface area contributed by atoms with Gasteiger partial charge in [0.1, 0.15) is 0 Å². The zero-order valence-corrected chi connectivity index (χ0v) is 13.6. The third kappa shape index (κ3) is 268000. The molecule has 0 aromatic rings. The Bertz CT molecular complexity index is 130. The van der Waals surface area contributed by atoms with E-state index in [2.05, 4.69) is 0 Å². The topological polar surface area (TPSA) is 324 Å². The van der Waals surface area contributed by atoms with Crippen LogP contribution in [0.25, 0.3) is 0 Å². The standard InChI is InChI=1S/FH.4H4O4Si/c;4*1-5(2,3)4/h1H;4*1-4H. The molecular formula is H17FO16Si4. The highest BCUT2D eigenvalue weighted by Crippen LogP contribution is 1.68. The lowest BCUT2D eigenvalue weighted by Crippen LogP contribution is -2.33. The summed E-state index contributed by atoms with van der Waals surface area (Å²) in [7, 11) is -18.4. The fourth-order valence-corrected chi connectivity index (χ4v) is 0. The Morgan fingerprint density at radius 3 is 0.238 bits per heavy atom. The van der Waals surface area contributed by atoms with E-state index < -0.39 is 36.2 Å². The van der Waals surface area contributed by atoms with Crippen LogP contribution in [0, 0.1) is 0 Å². The van der Waals surface area contributed by atoms with Gasteiger partial charge in [-0.05, 0) is 0 Å². The van der Waals surface area contributed by atoms with Crippen molar-refractivity contribution in [1.82, 2.24) is 0 Å². The highest BCUT2D eigenvalue weighted by Gasteiger charge is 2.23. The second-order valence-corrected chi connectivity index (χ2v) is 7.20. The molecule has 0 rings (SSSR count). The maximum absolute atomic E-state index is 7.33. The van der Waals surface area contributed by atoms with Gasteiger partial charge in [0.15, 0.2) is 0 Å². The summed E-state index contributed by atoms with van der Waals surface area (Å²) in [5.74, 6) is 0. The minimum atomic E-state index is -4.61. The zero-order chi connectivity index (χ0) is 18.0. The van der Waals surface area contributed by atoms with E-state index >= 15 is 0 Å². The predicted molar refractivity (Wildman–Crippen MR) is 61.0 cm³/mol. The molecule has 136 valence electrons. The number of hydrogen-bond acceptors (Lipinski definition) is 16. The lowest BCUT2D eigenvalue weighted by atomic mass is 15.7. The number of hydrogen-bond donors (Lipinski definition) is 16. The molecule has 0 spiro atoms. The summed E-state index contributed by atoms with van der Waals surface area (Å²) in [6.07, 6.45) is 0. The van der Waals surface area contributed by atoms with Gasteiger partial charge < -0.3 is 76.7 Å². The molecule has 0 aliphatic heterocycles. The van der Waals surface area contributed by atoms with E-state index in [9.17, 15) is 0 Å². The van der Waals surface area contributed by atoms with Crippen molar-refractivity contribution in [3.63, 3.8) is 0 Å². The molecule has 16 nitrogen and oxygen atoms in total. The van der Waals surface area contributed by atoms with Crippen LogP contribution in [0.2, 0.25) is 0 Å². The maximum Gasteiger partial charge on any atom is 0.668 e. The van der Waals surface area contributed by atoms with E-state index in [-0.39, 0.29) is 4.70 Å². The second-order valence-electron chi connectivity index (χ2n) is 2.40. The van der Waals surface area contributed by atoms with Crippen LogP contribution in [-0.2, 0) is 0 Å². The molecule has 0 fully saturated rings. The Labute approximate surface area is 118 Å². The quantitative estimate of drug-likeness (QED) is 0.166. The lowest BCUT2D eigenvalue weighted by molar-refractivity contribution is 0.115. The summed E-state index contributed by atoms with van der Waals surface area (Å²) in [5.41, 5.74) is 0. The van der Waals surface area contributed by atoms with E-state index in [1.165, 1.54) is 0 Å². The Hall–Kier alpha value is 0.158. The second kappa shape index (κ2) is 12.7. The minimum Gasteiger partial charge on any atom is -0.368 e. The molecule has 0 aliphatic rings. The fourth-order valence-electron chi connectivity index (χ4n) is 0. The van der Waals surface area contributed by atoms with Crippen LogP contribution in [-0.4, -0.2) is 113 Å². The molecule has 16 N–H and O–H groups in total. The number of halogens is 1. The van der Waals surface area contributed by atoms with Crippen molar-refractivity contribution in [2.75, 3.05) is 0 Å².